The molecule has 76 valence electrons. The molecule has 0 spiro atoms. The number of nitrogens with two attached hydrogens (primary N) is 1. The number of hydrogen-bond acceptors (Lipinski definition) is 3. The summed E-state index contributed by atoms with van der Waals surface area (Å²) in [5, 5.41) is 0. The second-order valence-corrected chi connectivity index (χ2v) is 3.34. The Morgan fingerprint density at radius 1 is 1.69 bits per heavy atom. The van der Waals surface area contributed by atoms with Gasteiger partial charge in [-0.15, -0.1) is 0 Å². The molecular weight excluding hydrogens is 168 g/mol. The number of nitrogens with zero attached hydrogens (tertiary/aromatic N) is 1. The Kier molecular flexibility index (Phi) is 4.18. The van der Waals surface area contributed by atoms with Crippen LogP contribution in [0.5, 0.6) is 0 Å². The second-order valence-electron chi connectivity index (χ2n) is 3.34. The molecule has 2 N–H and O–H groups in total. The van der Waals surface area contributed by atoms with Crippen molar-refractivity contribution >= 4 is 5.91 Å². The molecule has 1 amide bonds. The molecule has 1 rings (SSSR count). The molecule has 4 heteroatoms. The zero-order chi connectivity index (χ0) is 9.68. The fourth-order valence-corrected chi connectivity index (χ4v) is 1.48. The van der Waals surface area contributed by atoms with E-state index in [9.17, 15) is 4.79 Å². The molecule has 0 aromatic heterocycles. The first-order chi connectivity index (χ1) is 6.24. The topological polar surface area (TPSA) is 55.6 Å². The van der Waals surface area contributed by atoms with Crippen molar-refractivity contribution in [1.82, 2.24) is 4.90 Å². The van der Waals surface area contributed by atoms with Gasteiger partial charge in [-0.05, 0) is 13.3 Å². The summed E-state index contributed by atoms with van der Waals surface area (Å²) in [6.07, 6.45) is 1.42. The average Bonchev–Trinajstić information content (AvgIpc) is 2.52. The Balaban J connectivity index is 2.16. The number of hydrogen-bond donors (Lipinski definition) is 1. The lowest BCUT2D eigenvalue weighted by Crippen LogP contribution is -2.32. The van der Waals surface area contributed by atoms with Crippen LogP contribution in [-0.4, -0.2) is 43.2 Å². The quantitative estimate of drug-likeness (QED) is 0.627. The van der Waals surface area contributed by atoms with Crippen molar-refractivity contribution in [2.45, 2.75) is 25.8 Å². The van der Waals surface area contributed by atoms with Gasteiger partial charge in [0.2, 0.25) is 5.91 Å². The number of carbonyl (C=O) groups is 1. The van der Waals surface area contributed by atoms with Crippen molar-refractivity contribution in [3.05, 3.63) is 0 Å². The SMILES string of the molecule is CCOCCC(=O)N1CC[C@H](N)C1. The Hall–Kier alpha value is -0.610. The number of rotatable bonds is 4. The Labute approximate surface area is 79.0 Å². The molecule has 0 saturated carbocycles. The minimum Gasteiger partial charge on any atom is -0.381 e. The van der Waals surface area contributed by atoms with E-state index >= 15 is 0 Å². The van der Waals surface area contributed by atoms with E-state index in [1.165, 1.54) is 0 Å². The largest absolute Gasteiger partial charge is 0.381 e. The minimum absolute atomic E-state index is 0.168. The van der Waals surface area contributed by atoms with Crippen molar-refractivity contribution in [2.24, 2.45) is 5.73 Å². The summed E-state index contributed by atoms with van der Waals surface area (Å²) >= 11 is 0. The molecule has 1 heterocycles. The van der Waals surface area contributed by atoms with Gasteiger partial charge in [-0.1, -0.05) is 0 Å². The monoisotopic (exact) mass is 186 g/mol. The molecule has 0 aromatic carbocycles. The lowest BCUT2D eigenvalue weighted by atomic mass is 10.3. The van der Waals surface area contributed by atoms with E-state index in [1.807, 2.05) is 11.8 Å². The van der Waals surface area contributed by atoms with Crippen molar-refractivity contribution in [2.75, 3.05) is 26.3 Å². The first-order valence-electron chi connectivity index (χ1n) is 4.85. The lowest BCUT2D eigenvalue weighted by Gasteiger charge is -2.15. The van der Waals surface area contributed by atoms with Gasteiger partial charge in [0.15, 0.2) is 0 Å². The summed E-state index contributed by atoms with van der Waals surface area (Å²) < 4.78 is 5.11. The van der Waals surface area contributed by atoms with Crippen LogP contribution in [0.15, 0.2) is 0 Å². The van der Waals surface area contributed by atoms with E-state index in [2.05, 4.69) is 0 Å². The van der Waals surface area contributed by atoms with E-state index in [0.29, 0.717) is 26.2 Å². The van der Waals surface area contributed by atoms with Gasteiger partial charge in [-0.2, -0.15) is 0 Å². The predicted octanol–water partition coefficient (Wildman–Crippen LogP) is -0.0274. The molecule has 4 nitrogen and oxygen atoms in total. The Bertz CT molecular complexity index is 173. The highest BCUT2D eigenvalue weighted by atomic mass is 16.5. The molecule has 13 heavy (non-hydrogen) atoms. The van der Waals surface area contributed by atoms with E-state index in [4.69, 9.17) is 10.5 Å². The van der Waals surface area contributed by atoms with Gasteiger partial charge in [0.05, 0.1) is 13.0 Å². The minimum atomic E-state index is 0.168. The Morgan fingerprint density at radius 2 is 2.46 bits per heavy atom. The van der Waals surface area contributed by atoms with E-state index in [0.717, 1.165) is 13.0 Å². The van der Waals surface area contributed by atoms with E-state index in [-0.39, 0.29) is 11.9 Å². The van der Waals surface area contributed by atoms with Gasteiger partial charge in [-0.3, -0.25) is 4.79 Å². The van der Waals surface area contributed by atoms with Crippen LogP contribution in [0.3, 0.4) is 0 Å². The molecule has 0 bridgehead atoms. The van der Waals surface area contributed by atoms with E-state index in [1.54, 1.807) is 0 Å². The first kappa shape index (κ1) is 10.5. The summed E-state index contributed by atoms with van der Waals surface area (Å²) in [6, 6.07) is 0.177. The van der Waals surface area contributed by atoms with Crippen LogP contribution in [0.4, 0.5) is 0 Å². The van der Waals surface area contributed by atoms with Crippen LogP contribution in [-0.2, 0) is 9.53 Å². The van der Waals surface area contributed by atoms with Crippen LogP contribution in [0.2, 0.25) is 0 Å². The maximum atomic E-state index is 11.5. The van der Waals surface area contributed by atoms with Gasteiger partial charge in [0.25, 0.3) is 0 Å². The summed E-state index contributed by atoms with van der Waals surface area (Å²) in [5.41, 5.74) is 5.69. The third-order valence-corrected chi connectivity index (χ3v) is 2.24. The highest BCUT2D eigenvalue weighted by Gasteiger charge is 2.22. The third kappa shape index (κ3) is 3.32. The van der Waals surface area contributed by atoms with Gasteiger partial charge in [0, 0.05) is 25.7 Å². The second kappa shape index (κ2) is 5.19. The summed E-state index contributed by atoms with van der Waals surface area (Å²) in [7, 11) is 0. The van der Waals surface area contributed by atoms with Gasteiger partial charge in [0.1, 0.15) is 0 Å². The molecule has 0 unspecified atom stereocenters. The fourth-order valence-electron chi connectivity index (χ4n) is 1.48. The lowest BCUT2D eigenvalue weighted by molar-refractivity contribution is -0.131. The van der Waals surface area contributed by atoms with Crippen LogP contribution >= 0.6 is 0 Å². The standard InChI is InChI=1S/C9H18N2O2/c1-2-13-6-4-9(12)11-5-3-8(10)7-11/h8H,2-7,10H2,1H3/t8-/m0/s1. The molecular formula is C9H18N2O2. The highest BCUT2D eigenvalue weighted by Crippen LogP contribution is 2.08. The number of amides is 1. The van der Waals surface area contributed by atoms with Crippen molar-refractivity contribution in [3.63, 3.8) is 0 Å². The van der Waals surface area contributed by atoms with Crippen LogP contribution in [0, 0.1) is 0 Å². The molecule has 0 radical (unpaired) electrons. The molecule has 0 aromatic rings. The molecule has 1 aliphatic rings. The van der Waals surface area contributed by atoms with Crippen LogP contribution in [0.1, 0.15) is 19.8 Å². The van der Waals surface area contributed by atoms with Crippen molar-refractivity contribution in [3.8, 4) is 0 Å². The molecule has 1 aliphatic heterocycles. The molecule has 0 aliphatic carbocycles. The van der Waals surface area contributed by atoms with Gasteiger partial charge >= 0.3 is 0 Å². The number of carbonyl (C=O) groups excluding carboxylic acids is 1. The zero-order valence-electron chi connectivity index (χ0n) is 8.16. The molecule has 1 saturated heterocycles. The first-order valence-corrected chi connectivity index (χ1v) is 4.85. The normalized spacial score (nSPS) is 22.3. The van der Waals surface area contributed by atoms with Gasteiger partial charge < -0.3 is 15.4 Å². The number of ether oxygens (including phenoxy) is 1. The maximum absolute atomic E-state index is 11.5. The van der Waals surface area contributed by atoms with E-state index < -0.39 is 0 Å². The van der Waals surface area contributed by atoms with Crippen LogP contribution in [0.25, 0.3) is 0 Å². The zero-order valence-corrected chi connectivity index (χ0v) is 8.16. The summed E-state index contributed by atoms with van der Waals surface area (Å²) in [6.45, 7) is 4.65. The predicted molar refractivity (Wildman–Crippen MR) is 50.3 cm³/mol. The maximum Gasteiger partial charge on any atom is 0.224 e. The number of likely N-dealkylation sites (tertiary alicyclic amines) is 1. The molecule has 1 fully saturated rings. The Morgan fingerprint density at radius 3 is 3.00 bits per heavy atom. The van der Waals surface area contributed by atoms with Gasteiger partial charge in [-0.25, -0.2) is 0 Å². The van der Waals surface area contributed by atoms with Crippen molar-refractivity contribution in [1.29, 1.82) is 0 Å². The van der Waals surface area contributed by atoms with Crippen molar-refractivity contribution < 1.29 is 9.53 Å². The average molecular weight is 186 g/mol. The highest BCUT2D eigenvalue weighted by molar-refractivity contribution is 5.76. The van der Waals surface area contributed by atoms with Crippen LogP contribution < -0.4 is 5.73 Å². The smallest absolute Gasteiger partial charge is 0.224 e. The summed E-state index contributed by atoms with van der Waals surface area (Å²) in [5.74, 6) is 0.168. The summed E-state index contributed by atoms with van der Waals surface area (Å²) in [4.78, 5) is 13.3. The molecule has 1 atom stereocenters. The third-order valence-electron chi connectivity index (χ3n) is 2.24. The fraction of sp³-hybridized carbons (Fsp3) is 0.889.